The molecule has 0 saturated heterocycles. The molecule has 3 aromatic rings. The molecule has 0 spiro atoms. The van der Waals surface area contributed by atoms with Crippen molar-refractivity contribution in [2.45, 2.75) is 39.6 Å². The number of ether oxygens (including phenoxy) is 5. The maximum Gasteiger partial charge on any atom is 0.337 e. The second-order valence-electron chi connectivity index (χ2n) is 10.1. The van der Waals surface area contributed by atoms with Crippen LogP contribution in [0.4, 0.5) is 4.79 Å². The smallest absolute Gasteiger partial charge is 0.337 e. The predicted octanol–water partition coefficient (Wildman–Crippen LogP) is 5.49. The second-order valence-corrected chi connectivity index (χ2v) is 10.9. The number of benzene rings is 3. The molecule has 4 N–H and O–H groups in total. The number of nitrogens with one attached hydrogen (secondary N) is 3. The lowest BCUT2D eigenvalue weighted by molar-refractivity contribution is -0.136. The van der Waals surface area contributed by atoms with Gasteiger partial charge in [-0.1, -0.05) is 41.4 Å². The van der Waals surface area contributed by atoms with Crippen LogP contribution in [0.2, 0.25) is 10.0 Å². The summed E-state index contributed by atoms with van der Waals surface area (Å²) < 4.78 is 28.2. The minimum Gasteiger partial charge on any atom is -0.490 e. The van der Waals surface area contributed by atoms with E-state index in [9.17, 15) is 14.7 Å². The molecule has 0 aromatic heterocycles. The fourth-order valence-electron chi connectivity index (χ4n) is 4.62. The first kappa shape index (κ1) is 35.2. The van der Waals surface area contributed by atoms with Crippen molar-refractivity contribution in [3.05, 3.63) is 92.6 Å². The highest BCUT2D eigenvalue weighted by Gasteiger charge is 2.32. The summed E-state index contributed by atoms with van der Waals surface area (Å²) in [5.74, 6) is 0.950. The summed E-state index contributed by atoms with van der Waals surface area (Å²) in [5.41, 5.74) is 5.34. The number of methoxy groups -OCH3 is 1. The first-order valence-electron chi connectivity index (χ1n) is 14.7. The Morgan fingerprint density at radius 2 is 1.72 bits per heavy atom. The van der Waals surface area contributed by atoms with Gasteiger partial charge in [-0.25, -0.2) is 9.59 Å². The van der Waals surface area contributed by atoms with Crippen LogP contribution in [-0.2, 0) is 16.1 Å². The Labute approximate surface area is 282 Å². The van der Waals surface area contributed by atoms with E-state index in [0.717, 1.165) is 5.56 Å². The lowest BCUT2D eigenvalue weighted by Crippen LogP contribution is -2.45. The first-order chi connectivity index (χ1) is 22.6. The van der Waals surface area contributed by atoms with Crippen molar-refractivity contribution in [2.75, 3.05) is 26.9 Å². The second kappa shape index (κ2) is 16.8. The molecule has 0 fully saturated rings. The number of aliphatic hydroxyl groups is 1. The van der Waals surface area contributed by atoms with Gasteiger partial charge in [0.25, 0.3) is 0 Å². The van der Waals surface area contributed by atoms with E-state index < -0.39 is 24.3 Å². The number of hydrogen-bond acceptors (Lipinski definition) is 10. The van der Waals surface area contributed by atoms with Crippen LogP contribution in [0, 0.1) is 0 Å². The van der Waals surface area contributed by atoms with Crippen LogP contribution in [-0.4, -0.2) is 56.5 Å². The minimum absolute atomic E-state index is 0.185. The van der Waals surface area contributed by atoms with Gasteiger partial charge in [-0.3, -0.25) is 5.43 Å². The molecule has 1 aliphatic heterocycles. The number of amides is 2. The topological polar surface area (TPSA) is 149 Å². The lowest BCUT2D eigenvalue weighted by Gasteiger charge is -2.28. The van der Waals surface area contributed by atoms with E-state index in [4.69, 9.17) is 46.9 Å². The van der Waals surface area contributed by atoms with Crippen LogP contribution in [0.3, 0.4) is 0 Å². The van der Waals surface area contributed by atoms with Gasteiger partial charge in [0.05, 0.1) is 43.2 Å². The molecule has 14 heteroatoms. The van der Waals surface area contributed by atoms with Gasteiger partial charge >= 0.3 is 12.0 Å². The van der Waals surface area contributed by atoms with E-state index in [1.54, 1.807) is 56.3 Å². The minimum atomic E-state index is -1.19. The zero-order valence-electron chi connectivity index (χ0n) is 26.3. The fourth-order valence-corrected chi connectivity index (χ4v) is 5.02. The summed E-state index contributed by atoms with van der Waals surface area (Å²) in [5, 5.41) is 20.9. The predicted molar refractivity (Wildman–Crippen MR) is 177 cm³/mol. The molecule has 2 atom stereocenters. The molecule has 0 unspecified atom stereocenters. The summed E-state index contributed by atoms with van der Waals surface area (Å²) in [6.45, 7) is 6.07. The number of aliphatic hydroxyl groups excluding tert-OH is 1. The van der Waals surface area contributed by atoms with Crippen molar-refractivity contribution in [3.8, 4) is 23.0 Å². The Hall–Kier alpha value is -4.65. The number of halogens is 2. The number of carbonyl (C=O) groups is 2. The Kier molecular flexibility index (Phi) is 12.6. The van der Waals surface area contributed by atoms with Crippen molar-refractivity contribution in [3.63, 3.8) is 0 Å². The van der Waals surface area contributed by atoms with Gasteiger partial charge in [-0.2, -0.15) is 5.10 Å². The summed E-state index contributed by atoms with van der Waals surface area (Å²) in [7, 11) is 1.27. The summed E-state index contributed by atoms with van der Waals surface area (Å²) in [4.78, 5) is 24.6. The van der Waals surface area contributed by atoms with E-state index in [1.807, 2.05) is 19.1 Å². The largest absolute Gasteiger partial charge is 0.490 e. The lowest BCUT2D eigenvalue weighted by atomic mass is 9.95. The van der Waals surface area contributed by atoms with Crippen LogP contribution in [0.15, 0.2) is 71.0 Å². The molecule has 4 rings (SSSR count). The van der Waals surface area contributed by atoms with E-state index in [1.165, 1.54) is 13.3 Å². The molecule has 12 nitrogen and oxygen atoms in total. The zero-order chi connectivity index (χ0) is 33.9. The number of rotatable bonds is 15. The highest BCUT2D eigenvalue weighted by atomic mass is 35.5. The van der Waals surface area contributed by atoms with Gasteiger partial charge in [0.15, 0.2) is 29.2 Å². The number of carbonyl (C=O) groups excluding carboxylic acids is 2. The third-order valence-corrected chi connectivity index (χ3v) is 7.27. The van der Waals surface area contributed by atoms with Gasteiger partial charge in [-0.05, 0) is 73.9 Å². The number of esters is 1. The van der Waals surface area contributed by atoms with Gasteiger partial charge in [-0.15, -0.1) is 0 Å². The van der Waals surface area contributed by atoms with E-state index in [2.05, 4.69) is 21.2 Å². The van der Waals surface area contributed by atoms with Crippen molar-refractivity contribution < 1.29 is 38.4 Å². The van der Waals surface area contributed by atoms with Crippen LogP contribution in [0.1, 0.15) is 43.5 Å². The standard InChI is InChI=1S/C33H36Cl2N4O8/c1-5-44-26-15-22(30-29(32(41)43-4)19(3)37-33(42)38-30)9-12-25(26)46-18-28(40)39-36-16-21-13-24(35)31(27(14-21)45-6-2)47-17-20-7-10-23(34)11-8-20/h7-16,28,30,39-40H,5-6,17-18H2,1-4H3,(H2,37,38,42)/b36-16-/t28-,30+/m0/s1. The average Bonchev–Trinajstić information content (AvgIpc) is 3.04. The molecular formula is C33H36Cl2N4O8. The molecule has 47 heavy (non-hydrogen) atoms. The van der Waals surface area contributed by atoms with Crippen LogP contribution in [0.5, 0.6) is 23.0 Å². The molecule has 250 valence electrons. The highest BCUT2D eigenvalue weighted by Crippen LogP contribution is 2.37. The number of nitrogens with zero attached hydrogens (tertiary/aromatic N) is 1. The quantitative estimate of drug-likeness (QED) is 0.0705. The Balaban J connectivity index is 1.40. The molecule has 2 amide bonds. The van der Waals surface area contributed by atoms with Gasteiger partial charge < -0.3 is 39.4 Å². The third kappa shape index (κ3) is 9.44. The molecule has 0 aliphatic carbocycles. The Morgan fingerprint density at radius 1 is 1.00 bits per heavy atom. The maximum absolute atomic E-state index is 12.5. The SMILES string of the molecule is CCOc1cc([C@H]2NC(=O)NC(C)=C2C(=O)OC)ccc1OC[C@H](O)N/N=C\c1cc(Cl)c(OCc2ccc(Cl)cc2)c(OCC)c1. The van der Waals surface area contributed by atoms with Gasteiger partial charge in [0.1, 0.15) is 13.2 Å². The van der Waals surface area contributed by atoms with E-state index in [0.29, 0.717) is 63.1 Å². The Morgan fingerprint density at radius 3 is 2.43 bits per heavy atom. The van der Waals surface area contributed by atoms with Gasteiger partial charge in [0.2, 0.25) is 0 Å². The third-order valence-electron chi connectivity index (χ3n) is 6.74. The molecule has 0 saturated carbocycles. The molecule has 3 aromatic carbocycles. The summed E-state index contributed by atoms with van der Waals surface area (Å²) in [6, 6.07) is 14.4. The number of hydrogen-bond donors (Lipinski definition) is 4. The van der Waals surface area contributed by atoms with Crippen molar-refractivity contribution in [1.82, 2.24) is 16.1 Å². The zero-order valence-corrected chi connectivity index (χ0v) is 27.8. The fraction of sp³-hybridized carbons (Fsp3) is 0.303. The van der Waals surface area contributed by atoms with Gasteiger partial charge in [0, 0.05) is 10.7 Å². The van der Waals surface area contributed by atoms with Crippen LogP contribution < -0.4 is 35.0 Å². The molecule has 1 aliphatic rings. The average molecular weight is 688 g/mol. The number of hydrazone groups is 1. The van der Waals surface area contributed by atoms with E-state index in [-0.39, 0.29) is 18.8 Å². The van der Waals surface area contributed by atoms with E-state index >= 15 is 0 Å². The van der Waals surface area contributed by atoms with Crippen molar-refractivity contribution >= 4 is 41.4 Å². The summed E-state index contributed by atoms with van der Waals surface area (Å²) >= 11 is 12.5. The number of urea groups is 1. The molecule has 0 radical (unpaired) electrons. The molecule has 1 heterocycles. The molecule has 0 bridgehead atoms. The summed E-state index contributed by atoms with van der Waals surface area (Å²) in [6.07, 6.45) is 0.285. The maximum atomic E-state index is 12.5. The normalized spacial score (nSPS) is 15.0. The first-order valence-corrected chi connectivity index (χ1v) is 15.4. The molecular weight excluding hydrogens is 651 g/mol. The Bertz CT molecular complexity index is 1630. The highest BCUT2D eigenvalue weighted by molar-refractivity contribution is 6.32. The monoisotopic (exact) mass is 686 g/mol. The van der Waals surface area contributed by atoms with Crippen LogP contribution >= 0.6 is 23.2 Å². The van der Waals surface area contributed by atoms with Crippen molar-refractivity contribution in [1.29, 1.82) is 0 Å². The van der Waals surface area contributed by atoms with Crippen molar-refractivity contribution in [2.24, 2.45) is 5.10 Å². The van der Waals surface area contributed by atoms with Crippen LogP contribution in [0.25, 0.3) is 0 Å². The number of allylic oxidation sites excluding steroid dienone is 1.